The molecule has 41 heavy (non-hydrogen) atoms. The van der Waals surface area contributed by atoms with Crippen LogP contribution in [0.2, 0.25) is 0 Å². The zero-order chi connectivity index (χ0) is 28.8. The Labute approximate surface area is 239 Å². The average Bonchev–Trinajstić information content (AvgIpc) is 3.01. The lowest BCUT2D eigenvalue weighted by atomic mass is 9.77. The molecular weight excluding hydrogens is 526 g/mol. The van der Waals surface area contributed by atoms with Crippen LogP contribution in [0.5, 0.6) is 28.7 Å². The Bertz CT molecular complexity index is 1480. The lowest BCUT2D eigenvalue weighted by Crippen LogP contribution is -2.62. The van der Waals surface area contributed by atoms with Crippen LogP contribution in [-0.2, 0) is 12.8 Å². The van der Waals surface area contributed by atoms with Crippen LogP contribution >= 0.6 is 0 Å². The fourth-order valence-electron chi connectivity index (χ4n) is 7.07. The molecule has 0 unspecified atom stereocenters. The molecule has 0 saturated carbocycles. The third-order valence-electron chi connectivity index (χ3n) is 8.83. The molecule has 1 fully saturated rings. The van der Waals surface area contributed by atoms with E-state index in [1.165, 1.54) is 0 Å². The number of methoxy groups -OCH3 is 5. The van der Waals surface area contributed by atoms with E-state index in [1.807, 2.05) is 48.5 Å². The first-order chi connectivity index (χ1) is 19.9. The molecule has 216 valence electrons. The Kier molecular flexibility index (Phi) is 7.13. The van der Waals surface area contributed by atoms with Crippen molar-refractivity contribution in [3.8, 4) is 28.7 Å². The van der Waals surface area contributed by atoms with Crippen LogP contribution in [0.1, 0.15) is 46.1 Å². The van der Waals surface area contributed by atoms with Crippen molar-refractivity contribution in [2.45, 2.75) is 37.1 Å². The highest BCUT2D eigenvalue weighted by Crippen LogP contribution is 2.55. The largest absolute Gasteiger partial charge is 0.497 e. The van der Waals surface area contributed by atoms with Crippen molar-refractivity contribution in [3.63, 3.8) is 0 Å². The second kappa shape index (κ2) is 10.8. The molecule has 0 aliphatic carbocycles. The number of hydrogen-bond acceptors (Lipinski definition) is 9. The van der Waals surface area contributed by atoms with Gasteiger partial charge in [0.2, 0.25) is 0 Å². The van der Waals surface area contributed by atoms with Gasteiger partial charge in [0, 0.05) is 18.0 Å². The highest BCUT2D eigenvalue weighted by Gasteiger charge is 2.58. The number of rotatable bonds is 7. The summed E-state index contributed by atoms with van der Waals surface area (Å²) in [5.74, 6) is 3.18. The van der Waals surface area contributed by atoms with Crippen molar-refractivity contribution in [2.24, 2.45) is 0 Å². The van der Waals surface area contributed by atoms with Gasteiger partial charge in [0.15, 0.2) is 23.0 Å². The zero-order valence-corrected chi connectivity index (χ0v) is 24.0. The molecule has 0 N–H and O–H groups in total. The molecule has 10 heteroatoms. The first-order valence-electron chi connectivity index (χ1n) is 13.7. The van der Waals surface area contributed by atoms with E-state index in [0.717, 1.165) is 40.7 Å². The Morgan fingerprint density at radius 1 is 0.707 bits per heavy atom. The van der Waals surface area contributed by atoms with Crippen molar-refractivity contribution in [1.82, 2.24) is 9.80 Å². The third kappa shape index (κ3) is 4.33. The van der Waals surface area contributed by atoms with Crippen molar-refractivity contribution in [3.05, 3.63) is 86.5 Å². The summed E-state index contributed by atoms with van der Waals surface area (Å²) < 4.78 is 28.1. The molecule has 3 aliphatic rings. The molecule has 0 amide bonds. The van der Waals surface area contributed by atoms with Gasteiger partial charge in [0.25, 0.3) is 6.04 Å². The molecule has 0 spiro atoms. The van der Waals surface area contributed by atoms with E-state index in [-0.39, 0.29) is 11.1 Å². The minimum Gasteiger partial charge on any atom is -0.497 e. The number of nitro groups is 1. The topological polar surface area (TPSA) is 95.8 Å². The van der Waals surface area contributed by atoms with E-state index in [4.69, 9.17) is 23.7 Å². The average molecular weight is 562 g/mol. The summed E-state index contributed by atoms with van der Waals surface area (Å²) in [5, 5.41) is 13.2. The second-order valence-corrected chi connectivity index (χ2v) is 10.6. The fraction of sp³-hybridized carbons (Fsp3) is 0.419. The molecule has 0 aromatic heterocycles. The van der Waals surface area contributed by atoms with Gasteiger partial charge in [-0.05, 0) is 77.1 Å². The van der Waals surface area contributed by atoms with E-state index < -0.39 is 18.1 Å². The van der Waals surface area contributed by atoms with Crippen LogP contribution in [0.4, 0.5) is 0 Å². The van der Waals surface area contributed by atoms with Gasteiger partial charge in [-0.15, -0.1) is 0 Å². The van der Waals surface area contributed by atoms with Crippen LogP contribution < -0.4 is 23.7 Å². The first kappa shape index (κ1) is 27.2. The van der Waals surface area contributed by atoms with Crippen LogP contribution in [0.3, 0.4) is 0 Å². The van der Waals surface area contributed by atoms with Gasteiger partial charge < -0.3 is 23.7 Å². The molecule has 3 heterocycles. The minimum absolute atomic E-state index is 0.103. The maximum absolute atomic E-state index is 13.2. The maximum Gasteiger partial charge on any atom is 0.251 e. The van der Waals surface area contributed by atoms with Gasteiger partial charge in [-0.1, -0.05) is 12.1 Å². The van der Waals surface area contributed by atoms with Crippen molar-refractivity contribution >= 4 is 0 Å². The Hall–Kier alpha value is -4.02. The molecule has 6 rings (SSSR count). The van der Waals surface area contributed by atoms with E-state index >= 15 is 0 Å². The lowest BCUT2D eigenvalue weighted by Gasteiger charge is -2.56. The highest BCUT2D eigenvalue weighted by atomic mass is 16.6. The van der Waals surface area contributed by atoms with E-state index in [0.29, 0.717) is 41.8 Å². The van der Waals surface area contributed by atoms with Gasteiger partial charge in [0.1, 0.15) is 17.8 Å². The highest BCUT2D eigenvalue weighted by molar-refractivity contribution is 5.53. The number of ether oxygens (including phenoxy) is 5. The summed E-state index contributed by atoms with van der Waals surface area (Å²) in [4.78, 5) is 17.6. The molecule has 1 saturated heterocycles. The lowest BCUT2D eigenvalue weighted by molar-refractivity contribution is -0.550. The van der Waals surface area contributed by atoms with Gasteiger partial charge >= 0.3 is 0 Å². The van der Waals surface area contributed by atoms with E-state index in [9.17, 15) is 10.1 Å². The summed E-state index contributed by atoms with van der Waals surface area (Å²) >= 11 is 0. The molecule has 0 radical (unpaired) electrons. The van der Waals surface area contributed by atoms with Crippen LogP contribution in [0, 0.1) is 10.1 Å². The van der Waals surface area contributed by atoms with Crippen molar-refractivity contribution in [2.75, 3.05) is 48.6 Å². The second-order valence-electron chi connectivity index (χ2n) is 10.6. The predicted octanol–water partition coefficient (Wildman–Crippen LogP) is 4.59. The Morgan fingerprint density at radius 3 is 1.80 bits per heavy atom. The molecule has 3 aliphatic heterocycles. The summed E-state index contributed by atoms with van der Waals surface area (Å²) in [6, 6.07) is 13.7. The Balaban J connectivity index is 1.60. The quantitative estimate of drug-likeness (QED) is 0.303. The predicted molar refractivity (Wildman–Crippen MR) is 152 cm³/mol. The molecule has 3 aromatic carbocycles. The third-order valence-corrected chi connectivity index (χ3v) is 8.83. The fourth-order valence-corrected chi connectivity index (χ4v) is 7.07. The maximum atomic E-state index is 13.2. The molecule has 0 bridgehead atoms. The number of hydrogen-bond donors (Lipinski definition) is 0. The number of benzene rings is 3. The molecular formula is C31H35N3O7. The summed E-state index contributed by atoms with van der Waals surface area (Å²) in [7, 11) is 8.09. The van der Waals surface area contributed by atoms with Crippen LogP contribution in [-0.4, -0.2) is 69.4 Å². The summed E-state index contributed by atoms with van der Waals surface area (Å²) in [5.41, 5.74) is 5.03. The van der Waals surface area contributed by atoms with Gasteiger partial charge in [-0.3, -0.25) is 19.9 Å². The van der Waals surface area contributed by atoms with Crippen molar-refractivity contribution < 1.29 is 28.6 Å². The van der Waals surface area contributed by atoms with Crippen LogP contribution in [0.25, 0.3) is 0 Å². The molecule has 3 aromatic rings. The Morgan fingerprint density at radius 2 is 1.24 bits per heavy atom. The van der Waals surface area contributed by atoms with Gasteiger partial charge in [-0.25, -0.2) is 0 Å². The van der Waals surface area contributed by atoms with Gasteiger partial charge in [-0.2, -0.15) is 0 Å². The first-order valence-corrected chi connectivity index (χ1v) is 13.7. The summed E-state index contributed by atoms with van der Waals surface area (Å²) in [6.07, 6.45) is 1.25. The van der Waals surface area contributed by atoms with Gasteiger partial charge in [0.05, 0.1) is 41.7 Å². The normalized spacial score (nSPS) is 23.3. The summed E-state index contributed by atoms with van der Waals surface area (Å²) in [6.45, 7) is 1.30. The molecule has 10 nitrogen and oxygen atoms in total. The number of nitrogens with zero attached hydrogens (tertiary/aromatic N) is 3. The van der Waals surface area contributed by atoms with Crippen LogP contribution in [0.15, 0.2) is 48.5 Å². The monoisotopic (exact) mass is 561 g/mol. The zero-order valence-electron chi connectivity index (χ0n) is 24.0. The SMILES string of the molecule is COc1cccc([C@@H]2[C@@H]([N+](=O)[O-])[C@@H]3c4cc(OC)c(OC)cc4CCN3[C@@H]3c4cc(OC)c(OC)cc4CCN32)c1. The van der Waals surface area contributed by atoms with Crippen molar-refractivity contribution in [1.29, 1.82) is 0 Å². The van der Waals surface area contributed by atoms with E-state index in [2.05, 4.69) is 9.80 Å². The smallest absolute Gasteiger partial charge is 0.251 e. The minimum atomic E-state index is -0.947. The molecule has 4 atom stereocenters. The van der Waals surface area contributed by atoms with E-state index in [1.54, 1.807) is 35.5 Å². The number of fused-ring (bicyclic) bond motifs is 7. The standard InChI is InChI=1S/C31H35N3O7/c1-37-21-8-6-7-20(13-21)28-30(34(35)36)29-22-16-26(40-4)24(38-2)14-18(22)9-12-33(29)31-23-17-27(41-5)25(39-3)15-19(23)10-11-32(28)31/h6-8,13-17,28-31H,9-12H2,1-5H3/t28-,29+,30-,31-/m1/s1.